The van der Waals surface area contributed by atoms with E-state index in [2.05, 4.69) is 10.3 Å². The van der Waals surface area contributed by atoms with Gasteiger partial charge in [0.1, 0.15) is 0 Å². The summed E-state index contributed by atoms with van der Waals surface area (Å²) in [5, 5.41) is 3.96. The fourth-order valence-corrected chi connectivity index (χ4v) is 3.10. The van der Waals surface area contributed by atoms with Gasteiger partial charge in [0.05, 0.1) is 36.5 Å². The number of rotatable bonds is 4. The van der Waals surface area contributed by atoms with E-state index in [1.54, 1.807) is 48.4 Å². The highest BCUT2D eigenvalue weighted by atomic mass is 35.5. The van der Waals surface area contributed by atoms with Crippen molar-refractivity contribution in [3.8, 4) is 11.5 Å². The first kappa shape index (κ1) is 18.4. The zero-order chi connectivity index (χ0) is 18.7. The van der Waals surface area contributed by atoms with Crippen LogP contribution >= 0.6 is 23.2 Å². The minimum absolute atomic E-state index is 0.210. The van der Waals surface area contributed by atoms with Crippen LogP contribution in [0.5, 0.6) is 11.5 Å². The lowest BCUT2D eigenvalue weighted by atomic mass is 10.1. The summed E-state index contributed by atoms with van der Waals surface area (Å²) in [4.78, 5) is 18.8. The third kappa shape index (κ3) is 3.57. The predicted molar refractivity (Wildman–Crippen MR) is 103 cm³/mol. The van der Waals surface area contributed by atoms with Crippen molar-refractivity contribution in [3.63, 3.8) is 0 Å². The number of hydrogen-bond donors (Lipinski definition) is 1. The van der Waals surface area contributed by atoms with Gasteiger partial charge in [-0.15, -0.1) is 0 Å². The Bertz CT molecular complexity index is 851. The Hall–Kier alpha value is -2.44. The number of guanidine groups is 1. The molecule has 0 unspecified atom stereocenters. The molecule has 0 radical (unpaired) electrons. The maximum Gasteiger partial charge on any atom is 0.260 e. The molecule has 0 saturated heterocycles. The number of anilines is 1. The molecule has 0 atom stereocenters. The zero-order valence-electron chi connectivity index (χ0n) is 14.3. The number of amides is 1. The molecule has 26 heavy (non-hydrogen) atoms. The lowest BCUT2D eigenvalue weighted by molar-refractivity contribution is 0.0857. The average Bonchev–Trinajstić information content (AvgIpc) is 3.11. The molecule has 0 spiro atoms. The number of nitrogens with zero attached hydrogens (tertiary/aromatic N) is 2. The van der Waals surface area contributed by atoms with Crippen LogP contribution in [0, 0.1) is 0 Å². The average molecular weight is 394 g/mol. The van der Waals surface area contributed by atoms with Gasteiger partial charge in [-0.25, -0.2) is 0 Å². The number of methoxy groups -OCH3 is 2. The molecular formula is C18H17Cl2N3O3. The van der Waals surface area contributed by atoms with Crippen LogP contribution < -0.4 is 14.8 Å². The molecule has 1 heterocycles. The summed E-state index contributed by atoms with van der Waals surface area (Å²) in [6, 6.07) is 10.2. The number of para-hydroxylation sites is 1. The van der Waals surface area contributed by atoms with Crippen LogP contribution in [0.2, 0.25) is 10.0 Å². The lowest BCUT2D eigenvalue weighted by Crippen LogP contribution is -2.38. The number of benzene rings is 2. The summed E-state index contributed by atoms with van der Waals surface area (Å²) >= 11 is 12.4. The molecule has 1 N–H and O–H groups in total. The predicted octanol–water partition coefficient (Wildman–Crippen LogP) is 3.93. The van der Waals surface area contributed by atoms with Gasteiger partial charge in [-0.2, -0.15) is 0 Å². The zero-order valence-corrected chi connectivity index (χ0v) is 15.8. The first-order chi connectivity index (χ1) is 12.5. The lowest BCUT2D eigenvalue weighted by Gasteiger charge is -2.21. The van der Waals surface area contributed by atoms with Gasteiger partial charge in [0, 0.05) is 12.1 Å². The van der Waals surface area contributed by atoms with Crippen molar-refractivity contribution < 1.29 is 14.3 Å². The fraction of sp³-hybridized carbons (Fsp3) is 0.222. The highest BCUT2D eigenvalue weighted by Gasteiger charge is 2.26. The molecule has 0 aromatic heterocycles. The van der Waals surface area contributed by atoms with E-state index >= 15 is 0 Å². The van der Waals surface area contributed by atoms with Crippen LogP contribution in [0.4, 0.5) is 5.69 Å². The Labute approximate surface area is 161 Å². The molecule has 1 amide bonds. The topological polar surface area (TPSA) is 63.2 Å². The van der Waals surface area contributed by atoms with E-state index in [0.29, 0.717) is 51.8 Å². The van der Waals surface area contributed by atoms with Crippen LogP contribution in [0.25, 0.3) is 0 Å². The maximum absolute atomic E-state index is 12.9. The van der Waals surface area contributed by atoms with Gasteiger partial charge >= 0.3 is 0 Å². The summed E-state index contributed by atoms with van der Waals surface area (Å²) < 4.78 is 10.5. The second-order valence-corrected chi connectivity index (χ2v) is 6.27. The molecule has 1 aliphatic heterocycles. The Kier molecular flexibility index (Phi) is 5.54. The Balaban J connectivity index is 1.85. The summed E-state index contributed by atoms with van der Waals surface area (Å²) in [5.41, 5.74) is 0.978. The molecule has 2 aromatic rings. The van der Waals surface area contributed by atoms with Gasteiger partial charge in [-0.3, -0.25) is 14.7 Å². The maximum atomic E-state index is 12.9. The third-order valence-electron chi connectivity index (χ3n) is 3.92. The Morgan fingerprint density at radius 2 is 1.81 bits per heavy atom. The minimum Gasteiger partial charge on any atom is -0.493 e. The van der Waals surface area contributed by atoms with Gasteiger partial charge in [0.25, 0.3) is 5.91 Å². The summed E-state index contributed by atoms with van der Waals surface area (Å²) in [6.45, 7) is 0.945. The molecule has 0 saturated carbocycles. The van der Waals surface area contributed by atoms with Crippen LogP contribution in [-0.2, 0) is 0 Å². The number of ether oxygens (including phenoxy) is 2. The van der Waals surface area contributed by atoms with Gasteiger partial charge in [0.15, 0.2) is 11.5 Å². The van der Waals surface area contributed by atoms with Crippen LogP contribution in [0.1, 0.15) is 10.4 Å². The van der Waals surface area contributed by atoms with E-state index in [1.165, 1.54) is 7.11 Å². The second-order valence-electron chi connectivity index (χ2n) is 5.45. The van der Waals surface area contributed by atoms with E-state index < -0.39 is 0 Å². The molecule has 8 heteroatoms. The quantitative estimate of drug-likeness (QED) is 0.854. The molecule has 136 valence electrons. The number of nitrogens with one attached hydrogen (secondary N) is 1. The van der Waals surface area contributed by atoms with E-state index in [0.717, 1.165) is 0 Å². The van der Waals surface area contributed by atoms with Crippen molar-refractivity contribution in [2.24, 2.45) is 4.99 Å². The van der Waals surface area contributed by atoms with Crippen LogP contribution in [0.3, 0.4) is 0 Å². The monoisotopic (exact) mass is 393 g/mol. The summed E-state index contributed by atoms with van der Waals surface area (Å²) in [7, 11) is 3.07. The largest absolute Gasteiger partial charge is 0.493 e. The number of carbonyl (C=O) groups is 1. The van der Waals surface area contributed by atoms with Crippen molar-refractivity contribution in [1.82, 2.24) is 4.90 Å². The number of carbonyl (C=O) groups excluding carboxylic acids is 1. The second kappa shape index (κ2) is 7.85. The molecular weight excluding hydrogens is 377 g/mol. The van der Waals surface area contributed by atoms with Crippen molar-refractivity contribution in [2.45, 2.75) is 0 Å². The summed E-state index contributed by atoms with van der Waals surface area (Å²) in [6.07, 6.45) is 0. The van der Waals surface area contributed by atoms with E-state index in [-0.39, 0.29) is 5.91 Å². The van der Waals surface area contributed by atoms with Crippen LogP contribution in [0.15, 0.2) is 41.4 Å². The van der Waals surface area contributed by atoms with Crippen LogP contribution in [-0.4, -0.2) is 44.1 Å². The highest BCUT2D eigenvalue weighted by molar-refractivity contribution is 6.40. The standard InChI is InChI=1S/C18H17Cl2N3O3/c1-25-14-7-6-11(10-15(14)26-2)17(24)23-9-8-21-18(23)22-16-12(19)4-3-5-13(16)20/h3-7,10H,8-9H2,1-2H3,(H,21,22). The first-order valence-corrected chi connectivity index (χ1v) is 8.60. The Morgan fingerprint density at radius 3 is 2.46 bits per heavy atom. The minimum atomic E-state index is -0.210. The fourth-order valence-electron chi connectivity index (χ4n) is 2.61. The molecule has 6 nitrogen and oxygen atoms in total. The molecule has 3 rings (SSSR count). The SMILES string of the molecule is COc1ccc(C(=O)N2CCN=C2Nc2c(Cl)cccc2Cl)cc1OC. The molecule has 2 aromatic carbocycles. The highest BCUT2D eigenvalue weighted by Crippen LogP contribution is 2.31. The molecule has 0 fully saturated rings. The number of hydrogen-bond acceptors (Lipinski definition) is 5. The van der Waals surface area contributed by atoms with E-state index in [4.69, 9.17) is 32.7 Å². The number of halogens is 2. The van der Waals surface area contributed by atoms with Crippen molar-refractivity contribution in [2.75, 3.05) is 32.6 Å². The molecule has 1 aliphatic rings. The van der Waals surface area contributed by atoms with Gasteiger partial charge < -0.3 is 14.8 Å². The van der Waals surface area contributed by atoms with E-state index in [9.17, 15) is 4.79 Å². The third-order valence-corrected chi connectivity index (χ3v) is 4.55. The molecule has 0 bridgehead atoms. The number of aliphatic imine (C=N–C) groups is 1. The Morgan fingerprint density at radius 1 is 1.12 bits per heavy atom. The van der Waals surface area contributed by atoms with E-state index in [1.807, 2.05) is 0 Å². The first-order valence-electron chi connectivity index (χ1n) is 7.84. The van der Waals surface area contributed by atoms with Gasteiger partial charge in [-0.05, 0) is 30.3 Å². The smallest absolute Gasteiger partial charge is 0.260 e. The van der Waals surface area contributed by atoms with Crippen molar-refractivity contribution in [3.05, 3.63) is 52.0 Å². The van der Waals surface area contributed by atoms with Crippen molar-refractivity contribution in [1.29, 1.82) is 0 Å². The van der Waals surface area contributed by atoms with Crippen molar-refractivity contribution >= 4 is 40.8 Å². The van der Waals surface area contributed by atoms with Gasteiger partial charge in [-0.1, -0.05) is 29.3 Å². The van der Waals surface area contributed by atoms with Gasteiger partial charge in [0.2, 0.25) is 5.96 Å². The normalized spacial score (nSPS) is 13.4. The molecule has 0 aliphatic carbocycles. The summed E-state index contributed by atoms with van der Waals surface area (Å²) in [5.74, 6) is 1.23.